The summed E-state index contributed by atoms with van der Waals surface area (Å²) in [5, 5.41) is 3.93. The zero-order chi connectivity index (χ0) is 17.1. The van der Waals surface area contributed by atoms with Gasteiger partial charge in [0.05, 0.1) is 11.3 Å². The molecule has 128 valence electrons. The second-order valence-corrected chi connectivity index (χ2v) is 6.62. The molecule has 0 N–H and O–H groups in total. The molecule has 5 nitrogen and oxygen atoms in total. The summed E-state index contributed by atoms with van der Waals surface area (Å²) in [7, 11) is 0. The van der Waals surface area contributed by atoms with E-state index in [1.54, 1.807) is 0 Å². The third-order valence-corrected chi connectivity index (χ3v) is 4.59. The monoisotopic (exact) mass is 328 g/mol. The molecule has 1 aliphatic heterocycles. The summed E-state index contributed by atoms with van der Waals surface area (Å²) in [6.07, 6.45) is 2.28. The van der Waals surface area contributed by atoms with Gasteiger partial charge in [-0.05, 0) is 50.8 Å². The van der Waals surface area contributed by atoms with Gasteiger partial charge in [-0.2, -0.15) is 0 Å². The number of hydrogen-bond acceptors (Lipinski definition) is 4. The SMILES string of the molecule is Cc1noc(C)c1COc1cccc(C(=O)N2CCC[C@H](C)C2)c1. The lowest BCUT2D eigenvalue weighted by molar-refractivity contribution is 0.0682. The number of hydrogen-bond donors (Lipinski definition) is 0. The smallest absolute Gasteiger partial charge is 0.253 e. The number of nitrogens with zero attached hydrogens (tertiary/aromatic N) is 2. The Morgan fingerprint density at radius 3 is 2.96 bits per heavy atom. The normalized spacial score (nSPS) is 17.8. The van der Waals surface area contributed by atoms with E-state index < -0.39 is 0 Å². The van der Waals surface area contributed by atoms with Crippen LogP contribution >= 0.6 is 0 Å². The minimum Gasteiger partial charge on any atom is -0.489 e. The number of benzene rings is 1. The maximum atomic E-state index is 12.7. The standard InChI is InChI=1S/C19H24N2O3/c1-13-6-5-9-21(11-13)19(22)16-7-4-8-17(10-16)23-12-18-14(2)20-24-15(18)3/h4,7-8,10,13H,5-6,9,11-12H2,1-3H3/t13-/m0/s1. The van der Waals surface area contributed by atoms with E-state index in [2.05, 4.69) is 12.1 Å². The van der Waals surface area contributed by atoms with Crippen molar-refractivity contribution in [2.45, 2.75) is 40.2 Å². The predicted octanol–water partition coefficient (Wildman–Crippen LogP) is 3.74. The van der Waals surface area contributed by atoms with Gasteiger partial charge in [-0.25, -0.2) is 0 Å². The van der Waals surface area contributed by atoms with Crippen molar-refractivity contribution in [3.8, 4) is 5.75 Å². The topological polar surface area (TPSA) is 55.6 Å². The van der Waals surface area contributed by atoms with Gasteiger partial charge in [0.25, 0.3) is 5.91 Å². The number of carbonyl (C=O) groups is 1. The van der Waals surface area contributed by atoms with Crippen LogP contribution in [0.3, 0.4) is 0 Å². The summed E-state index contributed by atoms with van der Waals surface area (Å²) >= 11 is 0. The Kier molecular flexibility index (Phi) is 4.88. The van der Waals surface area contributed by atoms with Crippen LogP contribution in [-0.2, 0) is 6.61 Å². The lowest BCUT2D eigenvalue weighted by Crippen LogP contribution is -2.39. The van der Waals surface area contributed by atoms with Crippen LogP contribution in [0.15, 0.2) is 28.8 Å². The fourth-order valence-corrected chi connectivity index (χ4v) is 3.14. The van der Waals surface area contributed by atoms with E-state index in [1.165, 1.54) is 6.42 Å². The Morgan fingerprint density at radius 1 is 1.42 bits per heavy atom. The third kappa shape index (κ3) is 3.61. The van der Waals surface area contributed by atoms with E-state index in [4.69, 9.17) is 9.26 Å². The van der Waals surface area contributed by atoms with E-state index in [9.17, 15) is 4.79 Å². The van der Waals surface area contributed by atoms with Crippen LogP contribution in [-0.4, -0.2) is 29.1 Å². The van der Waals surface area contributed by atoms with Gasteiger partial charge in [-0.1, -0.05) is 18.1 Å². The summed E-state index contributed by atoms with van der Waals surface area (Å²) in [6.45, 7) is 8.03. The quantitative estimate of drug-likeness (QED) is 0.858. The molecule has 2 aromatic rings. The maximum absolute atomic E-state index is 12.7. The molecule has 1 aromatic carbocycles. The summed E-state index contributed by atoms with van der Waals surface area (Å²) in [6, 6.07) is 7.40. The van der Waals surface area contributed by atoms with Gasteiger partial charge in [0, 0.05) is 18.7 Å². The van der Waals surface area contributed by atoms with E-state index in [-0.39, 0.29) is 5.91 Å². The molecule has 1 aromatic heterocycles. The summed E-state index contributed by atoms with van der Waals surface area (Å²) < 4.78 is 11.0. The molecule has 1 atom stereocenters. The van der Waals surface area contributed by atoms with Crippen molar-refractivity contribution in [1.29, 1.82) is 0 Å². The fraction of sp³-hybridized carbons (Fsp3) is 0.474. The van der Waals surface area contributed by atoms with E-state index in [1.807, 2.05) is 43.0 Å². The maximum Gasteiger partial charge on any atom is 0.253 e. The van der Waals surface area contributed by atoms with Crippen LogP contribution in [0.4, 0.5) is 0 Å². The number of amides is 1. The molecule has 5 heteroatoms. The molecule has 0 saturated carbocycles. The molecule has 3 rings (SSSR count). The Labute approximate surface area is 142 Å². The van der Waals surface area contributed by atoms with Crippen LogP contribution in [0.5, 0.6) is 5.75 Å². The van der Waals surface area contributed by atoms with Gasteiger partial charge < -0.3 is 14.2 Å². The summed E-state index contributed by atoms with van der Waals surface area (Å²) in [5.41, 5.74) is 2.47. The van der Waals surface area contributed by atoms with Crippen molar-refractivity contribution in [3.63, 3.8) is 0 Å². The van der Waals surface area contributed by atoms with E-state index in [0.29, 0.717) is 23.8 Å². The number of aromatic nitrogens is 1. The molecule has 1 amide bonds. The molecule has 24 heavy (non-hydrogen) atoms. The van der Waals surface area contributed by atoms with Gasteiger partial charge in [-0.3, -0.25) is 4.79 Å². The molecule has 2 heterocycles. The van der Waals surface area contributed by atoms with Crippen molar-refractivity contribution < 1.29 is 14.1 Å². The lowest BCUT2D eigenvalue weighted by atomic mass is 9.99. The van der Waals surface area contributed by atoms with Crippen LogP contribution in [0, 0.1) is 19.8 Å². The first-order valence-electron chi connectivity index (χ1n) is 8.48. The minimum atomic E-state index is 0.0874. The first kappa shape index (κ1) is 16.6. The predicted molar refractivity (Wildman–Crippen MR) is 91.1 cm³/mol. The number of aryl methyl sites for hydroxylation is 2. The Balaban J connectivity index is 1.68. The van der Waals surface area contributed by atoms with Crippen molar-refractivity contribution in [2.75, 3.05) is 13.1 Å². The molecule has 1 fully saturated rings. The first-order chi connectivity index (χ1) is 11.5. The zero-order valence-corrected chi connectivity index (χ0v) is 14.5. The van der Waals surface area contributed by atoms with Gasteiger partial charge in [0.1, 0.15) is 18.1 Å². The van der Waals surface area contributed by atoms with E-state index in [0.717, 1.165) is 36.5 Å². The highest BCUT2D eigenvalue weighted by molar-refractivity contribution is 5.94. The fourth-order valence-electron chi connectivity index (χ4n) is 3.14. The van der Waals surface area contributed by atoms with Crippen molar-refractivity contribution in [3.05, 3.63) is 46.8 Å². The van der Waals surface area contributed by atoms with Crippen LogP contribution in [0.25, 0.3) is 0 Å². The van der Waals surface area contributed by atoms with Crippen molar-refractivity contribution in [1.82, 2.24) is 10.1 Å². The number of carbonyl (C=O) groups excluding carboxylic acids is 1. The number of piperidine rings is 1. The van der Waals surface area contributed by atoms with Crippen molar-refractivity contribution >= 4 is 5.91 Å². The average molecular weight is 328 g/mol. The average Bonchev–Trinajstić information content (AvgIpc) is 2.91. The van der Waals surface area contributed by atoms with Crippen LogP contribution < -0.4 is 4.74 Å². The van der Waals surface area contributed by atoms with Gasteiger partial charge in [0.15, 0.2) is 0 Å². The van der Waals surface area contributed by atoms with E-state index >= 15 is 0 Å². The molecular weight excluding hydrogens is 304 g/mol. The molecule has 0 aliphatic carbocycles. The van der Waals surface area contributed by atoms with Crippen LogP contribution in [0.2, 0.25) is 0 Å². The lowest BCUT2D eigenvalue weighted by Gasteiger charge is -2.31. The number of ether oxygens (including phenoxy) is 1. The number of rotatable bonds is 4. The number of likely N-dealkylation sites (tertiary alicyclic amines) is 1. The molecule has 0 unspecified atom stereocenters. The van der Waals surface area contributed by atoms with Gasteiger partial charge in [0.2, 0.25) is 0 Å². The highest BCUT2D eigenvalue weighted by Crippen LogP contribution is 2.21. The molecular formula is C19H24N2O3. The Morgan fingerprint density at radius 2 is 2.25 bits per heavy atom. The highest BCUT2D eigenvalue weighted by Gasteiger charge is 2.22. The van der Waals surface area contributed by atoms with Gasteiger partial charge in [-0.15, -0.1) is 0 Å². The highest BCUT2D eigenvalue weighted by atomic mass is 16.5. The third-order valence-electron chi connectivity index (χ3n) is 4.59. The second kappa shape index (κ2) is 7.07. The first-order valence-corrected chi connectivity index (χ1v) is 8.48. The summed E-state index contributed by atoms with van der Waals surface area (Å²) in [4.78, 5) is 14.6. The second-order valence-electron chi connectivity index (χ2n) is 6.62. The zero-order valence-electron chi connectivity index (χ0n) is 14.5. The molecule has 0 bridgehead atoms. The molecule has 0 radical (unpaired) electrons. The molecule has 0 spiro atoms. The Hall–Kier alpha value is -2.30. The molecule has 1 saturated heterocycles. The Bertz CT molecular complexity index is 704. The van der Waals surface area contributed by atoms with Gasteiger partial charge >= 0.3 is 0 Å². The summed E-state index contributed by atoms with van der Waals surface area (Å²) in [5.74, 6) is 2.11. The molecule has 1 aliphatic rings. The largest absolute Gasteiger partial charge is 0.489 e. The minimum absolute atomic E-state index is 0.0874. The van der Waals surface area contributed by atoms with Crippen molar-refractivity contribution in [2.24, 2.45) is 5.92 Å². The van der Waals surface area contributed by atoms with Crippen LogP contribution in [0.1, 0.15) is 47.1 Å².